The molecule has 0 bridgehead atoms. The second kappa shape index (κ2) is 5.75. The van der Waals surface area contributed by atoms with Crippen molar-refractivity contribution in [2.24, 2.45) is 7.05 Å². The number of aliphatic hydroxyl groups excluding tert-OH is 1. The van der Waals surface area contributed by atoms with Crippen molar-refractivity contribution in [3.63, 3.8) is 0 Å². The van der Waals surface area contributed by atoms with E-state index in [0.717, 1.165) is 30.0 Å². The van der Waals surface area contributed by atoms with Gasteiger partial charge in [0.05, 0.1) is 22.1 Å². The summed E-state index contributed by atoms with van der Waals surface area (Å²) in [7, 11) is 1.84. The van der Waals surface area contributed by atoms with Crippen LogP contribution >= 0.6 is 11.6 Å². The summed E-state index contributed by atoms with van der Waals surface area (Å²) in [6.45, 7) is 4.75. The van der Waals surface area contributed by atoms with Gasteiger partial charge < -0.3 is 5.11 Å². The standard InChI is InChI=1S/C13H19ClN4O/c1-4-7-18-10(5-6-15-18)12(19)8-11-13(14)9(2)16-17(11)3/h5-6,12,19H,4,7-8H2,1-3H3. The first-order valence-corrected chi connectivity index (χ1v) is 6.80. The molecule has 0 amide bonds. The summed E-state index contributed by atoms with van der Waals surface area (Å²) in [6, 6.07) is 1.84. The monoisotopic (exact) mass is 282 g/mol. The Hall–Kier alpha value is -1.33. The Bertz CT molecular complexity index is 561. The first-order valence-electron chi connectivity index (χ1n) is 6.42. The molecule has 0 aliphatic carbocycles. The van der Waals surface area contributed by atoms with Gasteiger partial charge in [-0.3, -0.25) is 9.36 Å². The van der Waals surface area contributed by atoms with Gasteiger partial charge in [-0.25, -0.2) is 0 Å². The number of nitrogens with zero attached hydrogens (tertiary/aromatic N) is 4. The van der Waals surface area contributed by atoms with Crippen LogP contribution in [0.5, 0.6) is 0 Å². The molecule has 0 fully saturated rings. The average Bonchev–Trinajstić information content (AvgIpc) is 2.91. The van der Waals surface area contributed by atoms with E-state index in [4.69, 9.17) is 11.6 Å². The summed E-state index contributed by atoms with van der Waals surface area (Å²) < 4.78 is 3.56. The molecule has 1 atom stereocenters. The highest BCUT2D eigenvalue weighted by Gasteiger charge is 2.19. The minimum Gasteiger partial charge on any atom is -0.386 e. The Morgan fingerprint density at radius 2 is 2.21 bits per heavy atom. The minimum atomic E-state index is -0.624. The maximum absolute atomic E-state index is 10.4. The molecule has 0 aliphatic heterocycles. The van der Waals surface area contributed by atoms with Crippen molar-refractivity contribution in [2.75, 3.05) is 0 Å². The van der Waals surface area contributed by atoms with Gasteiger partial charge in [0.1, 0.15) is 6.10 Å². The van der Waals surface area contributed by atoms with E-state index >= 15 is 0 Å². The average molecular weight is 283 g/mol. The fourth-order valence-corrected chi connectivity index (χ4v) is 2.45. The smallest absolute Gasteiger partial charge is 0.101 e. The fraction of sp³-hybridized carbons (Fsp3) is 0.538. The van der Waals surface area contributed by atoms with Crippen LogP contribution in [-0.4, -0.2) is 24.7 Å². The van der Waals surface area contributed by atoms with Crippen LogP contribution in [0, 0.1) is 6.92 Å². The zero-order valence-corrected chi connectivity index (χ0v) is 12.2. The number of aliphatic hydroxyl groups is 1. The molecule has 2 aromatic heterocycles. The molecule has 19 heavy (non-hydrogen) atoms. The third-order valence-corrected chi connectivity index (χ3v) is 3.67. The SMILES string of the molecule is CCCn1nccc1C(O)Cc1c(Cl)c(C)nn1C. The Kier molecular flexibility index (Phi) is 4.27. The largest absolute Gasteiger partial charge is 0.386 e. The van der Waals surface area contributed by atoms with Gasteiger partial charge in [-0.05, 0) is 19.4 Å². The molecule has 1 unspecified atom stereocenters. The van der Waals surface area contributed by atoms with Crippen molar-refractivity contribution in [3.8, 4) is 0 Å². The molecule has 0 saturated heterocycles. The number of aromatic nitrogens is 4. The molecule has 2 heterocycles. The molecule has 5 nitrogen and oxygen atoms in total. The van der Waals surface area contributed by atoms with Crippen LogP contribution in [-0.2, 0) is 20.0 Å². The van der Waals surface area contributed by atoms with Gasteiger partial charge in [-0.1, -0.05) is 18.5 Å². The van der Waals surface area contributed by atoms with Crippen LogP contribution in [0.25, 0.3) is 0 Å². The maximum atomic E-state index is 10.4. The van der Waals surface area contributed by atoms with Gasteiger partial charge in [0.15, 0.2) is 0 Å². The highest BCUT2D eigenvalue weighted by atomic mass is 35.5. The third-order valence-electron chi connectivity index (χ3n) is 3.17. The summed E-state index contributed by atoms with van der Waals surface area (Å²) in [5.41, 5.74) is 2.45. The second-order valence-corrected chi connectivity index (χ2v) is 5.05. The highest BCUT2D eigenvalue weighted by molar-refractivity contribution is 6.31. The molecule has 0 saturated carbocycles. The second-order valence-electron chi connectivity index (χ2n) is 4.67. The topological polar surface area (TPSA) is 55.9 Å². The van der Waals surface area contributed by atoms with Crippen LogP contribution < -0.4 is 0 Å². The van der Waals surface area contributed by atoms with E-state index in [2.05, 4.69) is 17.1 Å². The number of hydrogen-bond acceptors (Lipinski definition) is 3. The van der Waals surface area contributed by atoms with Gasteiger partial charge in [-0.2, -0.15) is 10.2 Å². The van der Waals surface area contributed by atoms with Gasteiger partial charge in [0, 0.05) is 26.2 Å². The molecular formula is C13H19ClN4O. The summed E-state index contributed by atoms with van der Waals surface area (Å²) in [4.78, 5) is 0. The van der Waals surface area contributed by atoms with E-state index in [1.54, 1.807) is 10.9 Å². The van der Waals surface area contributed by atoms with Crippen molar-refractivity contribution < 1.29 is 5.11 Å². The fourth-order valence-electron chi connectivity index (χ4n) is 2.21. The van der Waals surface area contributed by atoms with Crippen molar-refractivity contribution in [1.82, 2.24) is 19.6 Å². The molecule has 0 radical (unpaired) electrons. The highest BCUT2D eigenvalue weighted by Crippen LogP contribution is 2.25. The van der Waals surface area contributed by atoms with Crippen LogP contribution in [0.2, 0.25) is 5.02 Å². The maximum Gasteiger partial charge on any atom is 0.101 e. The third kappa shape index (κ3) is 2.82. The van der Waals surface area contributed by atoms with E-state index in [9.17, 15) is 5.11 Å². The Balaban J connectivity index is 2.20. The van der Waals surface area contributed by atoms with Crippen molar-refractivity contribution in [3.05, 3.63) is 34.4 Å². The van der Waals surface area contributed by atoms with Crippen molar-refractivity contribution in [1.29, 1.82) is 0 Å². The number of halogens is 1. The zero-order chi connectivity index (χ0) is 14.0. The van der Waals surface area contributed by atoms with Gasteiger partial charge in [0.25, 0.3) is 0 Å². The van der Waals surface area contributed by atoms with Crippen molar-refractivity contribution >= 4 is 11.6 Å². The number of aryl methyl sites for hydroxylation is 3. The number of hydrogen-bond donors (Lipinski definition) is 1. The molecule has 0 aromatic carbocycles. The molecule has 2 aromatic rings. The zero-order valence-electron chi connectivity index (χ0n) is 11.5. The lowest BCUT2D eigenvalue weighted by molar-refractivity contribution is 0.164. The predicted octanol–water partition coefficient (Wildman–Crippen LogP) is 2.26. The lowest BCUT2D eigenvalue weighted by Crippen LogP contribution is -2.13. The molecule has 0 spiro atoms. The Morgan fingerprint density at radius 1 is 1.47 bits per heavy atom. The van der Waals surface area contributed by atoms with Crippen LogP contribution in [0.4, 0.5) is 0 Å². The molecule has 6 heteroatoms. The Labute approximate surface area is 117 Å². The van der Waals surface area contributed by atoms with E-state index < -0.39 is 6.10 Å². The summed E-state index contributed by atoms with van der Waals surface area (Å²) >= 11 is 6.20. The van der Waals surface area contributed by atoms with Crippen LogP contribution in [0.15, 0.2) is 12.3 Å². The summed E-state index contributed by atoms with van der Waals surface area (Å²) in [5, 5.41) is 19.5. The van der Waals surface area contributed by atoms with Crippen LogP contribution in [0.1, 0.15) is 36.5 Å². The summed E-state index contributed by atoms with van der Waals surface area (Å²) in [5.74, 6) is 0. The lowest BCUT2D eigenvalue weighted by Gasteiger charge is -2.13. The molecular weight excluding hydrogens is 264 g/mol. The normalized spacial score (nSPS) is 12.9. The minimum absolute atomic E-state index is 0.436. The quantitative estimate of drug-likeness (QED) is 0.915. The van der Waals surface area contributed by atoms with Gasteiger partial charge in [-0.15, -0.1) is 0 Å². The number of rotatable bonds is 5. The Morgan fingerprint density at radius 3 is 2.79 bits per heavy atom. The molecule has 104 valence electrons. The van der Waals surface area contributed by atoms with Crippen molar-refractivity contribution in [2.45, 2.75) is 39.3 Å². The lowest BCUT2D eigenvalue weighted by atomic mass is 10.1. The molecule has 0 aliphatic rings. The molecule has 1 N–H and O–H groups in total. The summed E-state index contributed by atoms with van der Waals surface area (Å²) in [6.07, 6.45) is 2.50. The first-order chi connectivity index (χ1) is 9.04. The van der Waals surface area contributed by atoms with E-state index in [1.807, 2.05) is 24.7 Å². The van der Waals surface area contributed by atoms with Gasteiger partial charge in [0.2, 0.25) is 0 Å². The molecule has 2 rings (SSSR count). The van der Waals surface area contributed by atoms with Crippen LogP contribution in [0.3, 0.4) is 0 Å². The first kappa shape index (κ1) is 14.1. The predicted molar refractivity (Wildman–Crippen MR) is 74.1 cm³/mol. The van der Waals surface area contributed by atoms with E-state index in [1.165, 1.54) is 0 Å². The van der Waals surface area contributed by atoms with E-state index in [0.29, 0.717) is 11.4 Å². The van der Waals surface area contributed by atoms with E-state index in [-0.39, 0.29) is 0 Å². The van der Waals surface area contributed by atoms with Gasteiger partial charge >= 0.3 is 0 Å².